The summed E-state index contributed by atoms with van der Waals surface area (Å²) in [6, 6.07) is 5.72. The third kappa shape index (κ3) is 2.45. The zero-order valence-corrected chi connectivity index (χ0v) is 12.8. The summed E-state index contributed by atoms with van der Waals surface area (Å²) in [7, 11) is 0. The van der Waals surface area contributed by atoms with Crippen LogP contribution in [0.15, 0.2) is 22.7 Å². The number of fused-ring (bicyclic) bond motifs is 2. The Morgan fingerprint density at radius 2 is 2.21 bits per heavy atom. The Balaban J connectivity index is 1.78. The number of rotatable bonds is 4. The second kappa shape index (κ2) is 5.28. The number of ether oxygens (including phenoxy) is 1. The predicted molar refractivity (Wildman–Crippen MR) is 78.6 cm³/mol. The van der Waals surface area contributed by atoms with Crippen LogP contribution < -0.4 is 4.74 Å². The molecule has 0 amide bonds. The van der Waals surface area contributed by atoms with Crippen molar-refractivity contribution >= 4 is 21.7 Å². The molecule has 2 saturated carbocycles. The first kappa shape index (κ1) is 13.2. The van der Waals surface area contributed by atoms with Crippen LogP contribution >= 0.6 is 15.9 Å². The number of benzene rings is 1. The van der Waals surface area contributed by atoms with Gasteiger partial charge in [0.1, 0.15) is 5.75 Å². The van der Waals surface area contributed by atoms with Crippen LogP contribution in [-0.4, -0.2) is 12.4 Å². The van der Waals surface area contributed by atoms with Crippen LogP contribution in [0, 0.1) is 17.8 Å². The van der Waals surface area contributed by atoms with Gasteiger partial charge in [0.15, 0.2) is 5.78 Å². The van der Waals surface area contributed by atoms with Gasteiger partial charge in [-0.3, -0.25) is 4.79 Å². The summed E-state index contributed by atoms with van der Waals surface area (Å²) in [5.74, 6) is 2.86. The molecular formula is C16H19BrO2. The van der Waals surface area contributed by atoms with Gasteiger partial charge >= 0.3 is 0 Å². The van der Waals surface area contributed by atoms with Gasteiger partial charge in [0, 0.05) is 11.5 Å². The topological polar surface area (TPSA) is 26.3 Å². The van der Waals surface area contributed by atoms with E-state index in [4.69, 9.17) is 4.74 Å². The van der Waals surface area contributed by atoms with Crippen molar-refractivity contribution in [3.05, 3.63) is 28.2 Å². The highest BCUT2D eigenvalue weighted by Gasteiger charge is 2.43. The summed E-state index contributed by atoms with van der Waals surface area (Å²) >= 11 is 3.49. The maximum atomic E-state index is 12.6. The summed E-state index contributed by atoms with van der Waals surface area (Å²) < 4.78 is 6.37. The molecule has 0 N–H and O–H groups in total. The highest BCUT2D eigenvalue weighted by atomic mass is 79.9. The van der Waals surface area contributed by atoms with Crippen molar-refractivity contribution in [3.63, 3.8) is 0 Å². The summed E-state index contributed by atoms with van der Waals surface area (Å²) in [5.41, 5.74) is 0.827. The van der Waals surface area contributed by atoms with Crippen LogP contribution in [-0.2, 0) is 0 Å². The number of hydrogen-bond donors (Lipinski definition) is 0. The molecular weight excluding hydrogens is 304 g/mol. The molecule has 0 spiro atoms. The van der Waals surface area contributed by atoms with E-state index in [2.05, 4.69) is 15.9 Å². The molecule has 0 radical (unpaired) electrons. The molecule has 1 aromatic rings. The first-order valence-corrected chi connectivity index (χ1v) is 7.95. The summed E-state index contributed by atoms with van der Waals surface area (Å²) in [5, 5.41) is 0. The van der Waals surface area contributed by atoms with Crippen molar-refractivity contribution in [1.82, 2.24) is 0 Å². The smallest absolute Gasteiger partial charge is 0.166 e. The van der Waals surface area contributed by atoms with E-state index in [1.165, 1.54) is 19.3 Å². The quantitative estimate of drug-likeness (QED) is 0.764. The molecule has 0 aromatic heterocycles. The van der Waals surface area contributed by atoms with E-state index in [9.17, 15) is 4.79 Å². The Hall–Kier alpha value is -0.830. The number of ketones is 1. The molecule has 2 aliphatic carbocycles. The molecule has 2 aliphatic rings. The van der Waals surface area contributed by atoms with Crippen molar-refractivity contribution in [2.75, 3.05) is 6.61 Å². The molecule has 0 aliphatic heterocycles. The molecule has 3 heteroatoms. The first-order valence-electron chi connectivity index (χ1n) is 7.15. The van der Waals surface area contributed by atoms with E-state index >= 15 is 0 Å². The molecule has 3 atom stereocenters. The van der Waals surface area contributed by atoms with Gasteiger partial charge in [0.25, 0.3) is 0 Å². The van der Waals surface area contributed by atoms with E-state index in [1.807, 2.05) is 25.1 Å². The van der Waals surface area contributed by atoms with Crippen molar-refractivity contribution in [1.29, 1.82) is 0 Å². The van der Waals surface area contributed by atoms with Crippen LogP contribution in [0.1, 0.15) is 43.0 Å². The molecule has 102 valence electrons. The molecule has 3 rings (SSSR count). The van der Waals surface area contributed by atoms with Crippen LogP contribution in [0.5, 0.6) is 5.75 Å². The predicted octanol–water partition coefficient (Wildman–Crippen LogP) is 4.47. The van der Waals surface area contributed by atoms with E-state index in [0.717, 1.165) is 28.1 Å². The fraction of sp³-hybridized carbons (Fsp3) is 0.562. The van der Waals surface area contributed by atoms with Crippen LogP contribution in [0.2, 0.25) is 0 Å². The van der Waals surface area contributed by atoms with Crippen molar-refractivity contribution in [2.45, 2.75) is 32.6 Å². The minimum atomic E-state index is 0.267. The van der Waals surface area contributed by atoms with Crippen LogP contribution in [0.3, 0.4) is 0 Å². The van der Waals surface area contributed by atoms with Gasteiger partial charge in [-0.15, -0.1) is 0 Å². The van der Waals surface area contributed by atoms with Crippen molar-refractivity contribution in [2.24, 2.45) is 17.8 Å². The van der Waals surface area contributed by atoms with Gasteiger partial charge in [-0.2, -0.15) is 0 Å². The van der Waals surface area contributed by atoms with Gasteiger partial charge in [-0.25, -0.2) is 0 Å². The number of Topliss-reactive ketones (excluding diaryl/α,β-unsaturated/α-hetero) is 1. The standard InChI is InChI=1S/C16H19BrO2/c1-2-19-15-6-5-12(9-14(15)17)16(18)13-8-10-3-4-11(13)7-10/h5-6,9-11,13H,2-4,7-8H2,1H3. The van der Waals surface area contributed by atoms with Crippen LogP contribution in [0.4, 0.5) is 0 Å². The molecule has 2 fully saturated rings. The van der Waals surface area contributed by atoms with E-state index in [1.54, 1.807) is 0 Å². The highest BCUT2D eigenvalue weighted by Crippen LogP contribution is 2.49. The van der Waals surface area contributed by atoms with Gasteiger partial charge in [-0.05, 0) is 72.2 Å². The fourth-order valence-electron chi connectivity index (χ4n) is 3.71. The maximum Gasteiger partial charge on any atom is 0.166 e. The average molecular weight is 323 g/mol. The van der Waals surface area contributed by atoms with Crippen molar-refractivity contribution < 1.29 is 9.53 Å². The lowest BCUT2D eigenvalue weighted by Crippen LogP contribution is -2.21. The molecule has 3 unspecified atom stereocenters. The number of carbonyl (C=O) groups is 1. The SMILES string of the molecule is CCOc1ccc(C(=O)C2CC3CCC2C3)cc1Br. The zero-order chi connectivity index (χ0) is 13.4. The number of hydrogen-bond acceptors (Lipinski definition) is 2. The summed E-state index contributed by atoms with van der Waals surface area (Å²) in [6.45, 7) is 2.60. The minimum absolute atomic E-state index is 0.267. The van der Waals surface area contributed by atoms with E-state index in [-0.39, 0.29) is 5.92 Å². The van der Waals surface area contributed by atoms with Gasteiger partial charge in [0.2, 0.25) is 0 Å². The van der Waals surface area contributed by atoms with Gasteiger partial charge in [-0.1, -0.05) is 6.42 Å². The lowest BCUT2D eigenvalue weighted by Gasteiger charge is -2.20. The minimum Gasteiger partial charge on any atom is -0.493 e. The number of carbonyl (C=O) groups excluding carboxylic acids is 1. The van der Waals surface area contributed by atoms with Crippen LogP contribution in [0.25, 0.3) is 0 Å². The Labute approximate surface area is 122 Å². The second-order valence-electron chi connectivity index (χ2n) is 5.72. The lowest BCUT2D eigenvalue weighted by molar-refractivity contribution is 0.0874. The monoisotopic (exact) mass is 322 g/mol. The third-order valence-corrected chi connectivity index (χ3v) is 5.21. The number of halogens is 1. The molecule has 1 aromatic carbocycles. The largest absolute Gasteiger partial charge is 0.493 e. The Morgan fingerprint density at radius 1 is 1.37 bits per heavy atom. The Bertz CT molecular complexity index is 498. The summed E-state index contributed by atoms with van der Waals surface area (Å²) in [4.78, 5) is 12.6. The lowest BCUT2D eigenvalue weighted by atomic mass is 9.83. The normalized spacial score (nSPS) is 28.6. The third-order valence-electron chi connectivity index (χ3n) is 4.59. The second-order valence-corrected chi connectivity index (χ2v) is 6.58. The van der Waals surface area contributed by atoms with Gasteiger partial charge < -0.3 is 4.74 Å². The Morgan fingerprint density at radius 3 is 2.79 bits per heavy atom. The molecule has 0 heterocycles. The zero-order valence-electron chi connectivity index (χ0n) is 11.2. The van der Waals surface area contributed by atoms with Gasteiger partial charge in [0.05, 0.1) is 11.1 Å². The molecule has 19 heavy (non-hydrogen) atoms. The molecule has 2 nitrogen and oxygen atoms in total. The van der Waals surface area contributed by atoms with E-state index < -0.39 is 0 Å². The van der Waals surface area contributed by atoms with E-state index in [0.29, 0.717) is 18.3 Å². The average Bonchev–Trinajstić information content (AvgIpc) is 3.03. The first-order chi connectivity index (χ1) is 9.19. The highest BCUT2D eigenvalue weighted by molar-refractivity contribution is 9.10. The molecule has 2 bridgehead atoms. The summed E-state index contributed by atoms with van der Waals surface area (Å²) in [6.07, 6.45) is 4.96. The molecule has 0 saturated heterocycles. The van der Waals surface area contributed by atoms with Crippen molar-refractivity contribution in [3.8, 4) is 5.75 Å². The maximum absolute atomic E-state index is 12.6. The fourth-order valence-corrected chi connectivity index (χ4v) is 4.20. The Kier molecular flexibility index (Phi) is 3.66.